The first-order valence-electron chi connectivity index (χ1n) is 8.94. The number of rotatable bonds is 4. The molecule has 0 atom stereocenters. The quantitative estimate of drug-likeness (QED) is 0.711. The van der Waals surface area contributed by atoms with E-state index in [0.29, 0.717) is 49.3 Å². The number of nitrogens with zero attached hydrogens (tertiary/aromatic N) is 4. The Labute approximate surface area is 162 Å². The van der Waals surface area contributed by atoms with Crippen molar-refractivity contribution in [2.75, 3.05) is 36.9 Å². The van der Waals surface area contributed by atoms with Gasteiger partial charge in [0.1, 0.15) is 5.82 Å². The SMILES string of the molecule is NC(=O)c1cccc(-c2cc(-c3ccc(N)nc3)nc(N3CCOCC3)n2)c1. The largest absolute Gasteiger partial charge is 0.384 e. The molecule has 28 heavy (non-hydrogen) atoms. The minimum absolute atomic E-state index is 0.430. The predicted octanol–water partition coefficient (Wildman–Crippen LogP) is 1.72. The standard InChI is InChI=1S/C20H20N6O2/c21-18-5-4-15(12-23-18)17-11-16(13-2-1-3-14(10-13)19(22)27)24-20(25-17)26-6-8-28-9-7-26/h1-5,10-12H,6-9H2,(H2,21,23)(H2,22,27). The van der Waals surface area contributed by atoms with Gasteiger partial charge in [-0.3, -0.25) is 4.79 Å². The number of primary amides is 1. The van der Waals surface area contributed by atoms with Gasteiger partial charge in [-0.2, -0.15) is 0 Å². The zero-order valence-corrected chi connectivity index (χ0v) is 15.2. The van der Waals surface area contributed by atoms with E-state index in [0.717, 1.165) is 16.8 Å². The van der Waals surface area contributed by atoms with E-state index in [1.54, 1.807) is 30.5 Å². The molecule has 4 N–H and O–H groups in total. The summed E-state index contributed by atoms with van der Waals surface area (Å²) in [5, 5.41) is 0. The molecular formula is C20H20N6O2. The van der Waals surface area contributed by atoms with Crippen LogP contribution in [0.1, 0.15) is 10.4 Å². The number of aromatic nitrogens is 3. The highest BCUT2D eigenvalue weighted by Gasteiger charge is 2.17. The molecule has 1 aliphatic heterocycles. The van der Waals surface area contributed by atoms with E-state index >= 15 is 0 Å². The van der Waals surface area contributed by atoms with Gasteiger partial charge in [0.25, 0.3) is 0 Å². The fraction of sp³-hybridized carbons (Fsp3) is 0.200. The zero-order chi connectivity index (χ0) is 19.5. The highest BCUT2D eigenvalue weighted by Crippen LogP contribution is 2.27. The summed E-state index contributed by atoms with van der Waals surface area (Å²) < 4.78 is 5.43. The fourth-order valence-corrected chi connectivity index (χ4v) is 3.02. The number of hydrogen-bond donors (Lipinski definition) is 2. The van der Waals surface area contributed by atoms with Crippen molar-refractivity contribution >= 4 is 17.7 Å². The first-order valence-corrected chi connectivity index (χ1v) is 8.94. The van der Waals surface area contributed by atoms with Gasteiger partial charge in [0.05, 0.1) is 24.6 Å². The summed E-state index contributed by atoms with van der Waals surface area (Å²) in [5.41, 5.74) is 14.6. The summed E-state index contributed by atoms with van der Waals surface area (Å²) in [6.45, 7) is 2.68. The Balaban J connectivity index is 1.82. The highest BCUT2D eigenvalue weighted by molar-refractivity contribution is 5.94. The van der Waals surface area contributed by atoms with Gasteiger partial charge in [-0.15, -0.1) is 0 Å². The lowest BCUT2D eigenvalue weighted by atomic mass is 10.1. The second kappa shape index (κ2) is 7.61. The van der Waals surface area contributed by atoms with Crippen molar-refractivity contribution in [3.63, 3.8) is 0 Å². The number of carbonyl (C=O) groups is 1. The number of pyridine rings is 1. The van der Waals surface area contributed by atoms with E-state index in [2.05, 4.69) is 9.88 Å². The van der Waals surface area contributed by atoms with E-state index in [-0.39, 0.29) is 0 Å². The minimum Gasteiger partial charge on any atom is -0.384 e. The first-order chi connectivity index (χ1) is 13.6. The molecule has 142 valence electrons. The smallest absolute Gasteiger partial charge is 0.248 e. The van der Waals surface area contributed by atoms with Gasteiger partial charge in [-0.25, -0.2) is 15.0 Å². The van der Waals surface area contributed by atoms with Crippen LogP contribution in [0.2, 0.25) is 0 Å². The number of hydrogen-bond acceptors (Lipinski definition) is 7. The van der Waals surface area contributed by atoms with Crippen LogP contribution in [-0.2, 0) is 4.74 Å². The molecule has 1 aromatic carbocycles. The van der Waals surface area contributed by atoms with Crippen LogP contribution in [0.15, 0.2) is 48.7 Å². The van der Waals surface area contributed by atoms with E-state index in [4.69, 9.17) is 26.2 Å². The van der Waals surface area contributed by atoms with Crippen LogP contribution in [0, 0.1) is 0 Å². The van der Waals surface area contributed by atoms with Crippen LogP contribution in [0.3, 0.4) is 0 Å². The molecule has 0 unspecified atom stereocenters. The molecule has 8 heteroatoms. The summed E-state index contributed by atoms with van der Waals surface area (Å²) in [6.07, 6.45) is 1.68. The van der Waals surface area contributed by atoms with Gasteiger partial charge in [0.15, 0.2) is 0 Å². The second-order valence-corrected chi connectivity index (χ2v) is 6.45. The highest BCUT2D eigenvalue weighted by atomic mass is 16.5. The molecule has 4 rings (SSSR count). The van der Waals surface area contributed by atoms with Crippen molar-refractivity contribution in [2.24, 2.45) is 5.73 Å². The van der Waals surface area contributed by atoms with Crippen LogP contribution >= 0.6 is 0 Å². The monoisotopic (exact) mass is 376 g/mol. The molecular weight excluding hydrogens is 356 g/mol. The molecule has 1 saturated heterocycles. The summed E-state index contributed by atoms with van der Waals surface area (Å²) in [7, 11) is 0. The number of morpholine rings is 1. The lowest BCUT2D eigenvalue weighted by Crippen LogP contribution is -2.37. The number of carbonyl (C=O) groups excluding carboxylic acids is 1. The van der Waals surface area contributed by atoms with Crippen molar-refractivity contribution in [3.8, 4) is 22.5 Å². The van der Waals surface area contributed by atoms with Crippen LogP contribution in [-0.4, -0.2) is 47.2 Å². The lowest BCUT2D eigenvalue weighted by molar-refractivity contribution is 0.100. The Morgan fingerprint density at radius 1 is 1.00 bits per heavy atom. The third kappa shape index (κ3) is 3.77. The molecule has 1 amide bonds. The summed E-state index contributed by atoms with van der Waals surface area (Å²) >= 11 is 0. The molecule has 1 fully saturated rings. The van der Waals surface area contributed by atoms with Gasteiger partial charge in [-0.05, 0) is 30.3 Å². The molecule has 3 heterocycles. The van der Waals surface area contributed by atoms with Gasteiger partial charge in [0.2, 0.25) is 11.9 Å². The molecule has 0 aliphatic carbocycles. The Morgan fingerprint density at radius 2 is 1.75 bits per heavy atom. The van der Waals surface area contributed by atoms with Crippen LogP contribution in [0.5, 0.6) is 0 Å². The maximum Gasteiger partial charge on any atom is 0.248 e. The number of nitrogens with two attached hydrogens (primary N) is 2. The number of nitrogen functional groups attached to an aromatic ring is 1. The molecule has 0 saturated carbocycles. The molecule has 0 spiro atoms. The van der Waals surface area contributed by atoms with Crippen molar-refractivity contribution in [3.05, 3.63) is 54.2 Å². The van der Waals surface area contributed by atoms with Crippen LogP contribution in [0.4, 0.5) is 11.8 Å². The predicted molar refractivity (Wildman–Crippen MR) is 107 cm³/mol. The molecule has 0 bridgehead atoms. The van der Waals surface area contributed by atoms with Crippen molar-refractivity contribution in [1.29, 1.82) is 0 Å². The minimum atomic E-state index is -0.479. The summed E-state index contributed by atoms with van der Waals surface area (Å²) in [4.78, 5) is 27.3. The lowest BCUT2D eigenvalue weighted by Gasteiger charge is -2.27. The van der Waals surface area contributed by atoms with E-state index in [1.165, 1.54) is 0 Å². The Bertz CT molecular complexity index is 1000. The second-order valence-electron chi connectivity index (χ2n) is 6.45. The number of benzene rings is 1. The Morgan fingerprint density at radius 3 is 2.43 bits per heavy atom. The van der Waals surface area contributed by atoms with Crippen molar-refractivity contribution in [2.45, 2.75) is 0 Å². The molecule has 2 aromatic heterocycles. The maximum absolute atomic E-state index is 11.6. The fourth-order valence-electron chi connectivity index (χ4n) is 3.02. The van der Waals surface area contributed by atoms with E-state index in [9.17, 15) is 4.79 Å². The van der Waals surface area contributed by atoms with Gasteiger partial charge in [0, 0.05) is 36.0 Å². The average Bonchev–Trinajstić information content (AvgIpc) is 2.74. The maximum atomic E-state index is 11.6. The summed E-state index contributed by atoms with van der Waals surface area (Å²) in [6, 6.07) is 12.6. The third-order valence-electron chi connectivity index (χ3n) is 4.53. The van der Waals surface area contributed by atoms with E-state index < -0.39 is 5.91 Å². The number of ether oxygens (including phenoxy) is 1. The molecule has 3 aromatic rings. The Hall–Kier alpha value is -3.52. The topological polar surface area (TPSA) is 120 Å². The molecule has 8 nitrogen and oxygen atoms in total. The average molecular weight is 376 g/mol. The Kier molecular flexibility index (Phi) is 4.86. The molecule has 1 aliphatic rings. The van der Waals surface area contributed by atoms with E-state index in [1.807, 2.05) is 18.2 Å². The third-order valence-corrected chi connectivity index (χ3v) is 4.53. The number of anilines is 2. The van der Waals surface area contributed by atoms with Crippen molar-refractivity contribution < 1.29 is 9.53 Å². The zero-order valence-electron chi connectivity index (χ0n) is 15.2. The summed E-state index contributed by atoms with van der Waals surface area (Å²) in [5.74, 6) is 0.574. The van der Waals surface area contributed by atoms with Gasteiger partial charge in [-0.1, -0.05) is 12.1 Å². The van der Waals surface area contributed by atoms with Gasteiger partial charge < -0.3 is 21.1 Å². The van der Waals surface area contributed by atoms with Gasteiger partial charge >= 0.3 is 0 Å². The first kappa shape index (κ1) is 17.9. The normalized spacial score (nSPS) is 14.1. The van der Waals surface area contributed by atoms with Crippen LogP contribution in [0.25, 0.3) is 22.5 Å². The number of amides is 1. The van der Waals surface area contributed by atoms with Crippen LogP contribution < -0.4 is 16.4 Å². The molecule has 0 radical (unpaired) electrons. The van der Waals surface area contributed by atoms with Crippen molar-refractivity contribution in [1.82, 2.24) is 15.0 Å².